The lowest BCUT2D eigenvalue weighted by Gasteiger charge is -2.29. The number of nitrogens with zero attached hydrogens (tertiary/aromatic N) is 1. The van der Waals surface area contributed by atoms with E-state index in [1.54, 1.807) is 7.11 Å². The highest BCUT2D eigenvalue weighted by atomic mass is 19.1. The summed E-state index contributed by atoms with van der Waals surface area (Å²) >= 11 is 0. The average Bonchev–Trinajstić information content (AvgIpc) is 2.43. The van der Waals surface area contributed by atoms with Crippen LogP contribution in [0.3, 0.4) is 0 Å². The first-order chi connectivity index (χ1) is 5.27. The van der Waals surface area contributed by atoms with Gasteiger partial charge in [-0.15, -0.1) is 0 Å². The molecule has 0 bridgehead atoms. The number of hydrogen-bond donors (Lipinski definition) is 0. The molecule has 2 rings (SSSR count). The predicted octanol–water partition coefficient (Wildman–Crippen LogP) is 1.17. The van der Waals surface area contributed by atoms with Crippen molar-refractivity contribution in [1.29, 1.82) is 0 Å². The zero-order valence-electron chi connectivity index (χ0n) is 6.85. The van der Waals surface area contributed by atoms with Gasteiger partial charge in [0.15, 0.2) is 0 Å². The Bertz CT molecular complexity index is 164. The molecule has 0 aromatic rings. The fourth-order valence-electron chi connectivity index (χ4n) is 2.36. The van der Waals surface area contributed by atoms with E-state index >= 15 is 0 Å². The molecular formula is C8H14FNO. The number of methoxy groups -OCH3 is 1. The number of hydrogen-bond acceptors (Lipinski definition) is 2. The van der Waals surface area contributed by atoms with Crippen LogP contribution < -0.4 is 0 Å². The lowest BCUT2D eigenvalue weighted by Crippen LogP contribution is -2.39. The molecule has 2 aliphatic heterocycles. The van der Waals surface area contributed by atoms with Gasteiger partial charge in [-0.3, -0.25) is 4.90 Å². The van der Waals surface area contributed by atoms with E-state index in [1.807, 2.05) is 0 Å². The third-order valence-electron chi connectivity index (χ3n) is 2.91. The number of halogens is 1. The summed E-state index contributed by atoms with van der Waals surface area (Å²) in [5, 5.41) is 0. The van der Waals surface area contributed by atoms with Crippen molar-refractivity contribution < 1.29 is 9.13 Å². The summed E-state index contributed by atoms with van der Waals surface area (Å²) in [5.41, 5.74) is -0.223. The van der Waals surface area contributed by atoms with Crippen molar-refractivity contribution in [2.45, 2.75) is 31.2 Å². The second kappa shape index (κ2) is 2.42. The fraction of sp³-hybridized carbons (Fsp3) is 1.00. The SMILES string of the molecule is CO[C@]12CCCN1C[C@H](F)C2. The molecule has 2 saturated heterocycles. The first kappa shape index (κ1) is 7.50. The molecule has 0 N–H and O–H groups in total. The molecule has 0 radical (unpaired) electrons. The fourth-order valence-corrected chi connectivity index (χ4v) is 2.36. The molecule has 0 amide bonds. The van der Waals surface area contributed by atoms with Crippen LogP contribution in [0.25, 0.3) is 0 Å². The summed E-state index contributed by atoms with van der Waals surface area (Å²) in [7, 11) is 1.69. The highest BCUT2D eigenvalue weighted by molar-refractivity contribution is 4.96. The number of rotatable bonds is 1. The Labute approximate surface area is 66.3 Å². The molecular weight excluding hydrogens is 145 g/mol. The lowest BCUT2D eigenvalue weighted by atomic mass is 10.1. The van der Waals surface area contributed by atoms with E-state index in [9.17, 15) is 4.39 Å². The van der Waals surface area contributed by atoms with Crippen molar-refractivity contribution in [2.24, 2.45) is 0 Å². The van der Waals surface area contributed by atoms with E-state index < -0.39 is 6.17 Å². The first-order valence-corrected chi connectivity index (χ1v) is 4.21. The Kier molecular flexibility index (Phi) is 1.65. The van der Waals surface area contributed by atoms with Gasteiger partial charge in [0.1, 0.15) is 11.9 Å². The molecule has 2 heterocycles. The third-order valence-corrected chi connectivity index (χ3v) is 2.91. The maximum Gasteiger partial charge on any atom is 0.124 e. The van der Waals surface area contributed by atoms with E-state index in [0.717, 1.165) is 19.4 Å². The van der Waals surface area contributed by atoms with Crippen LogP contribution >= 0.6 is 0 Å². The minimum atomic E-state index is -0.671. The van der Waals surface area contributed by atoms with Gasteiger partial charge in [0.05, 0.1) is 0 Å². The lowest BCUT2D eigenvalue weighted by molar-refractivity contribution is -0.0878. The van der Waals surface area contributed by atoms with Crippen LogP contribution in [0.4, 0.5) is 4.39 Å². The van der Waals surface area contributed by atoms with Crippen molar-refractivity contribution in [3.8, 4) is 0 Å². The maximum absolute atomic E-state index is 13.0. The highest BCUT2D eigenvalue weighted by Gasteiger charge is 2.48. The van der Waals surface area contributed by atoms with Gasteiger partial charge < -0.3 is 4.74 Å². The van der Waals surface area contributed by atoms with E-state index in [1.165, 1.54) is 0 Å². The van der Waals surface area contributed by atoms with Crippen molar-refractivity contribution in [3.05, 3.63) is 0 Å². The number of ether oxygens (including phenoxy) is 1. The zero-order valence-corrected chi connectivity index (χ0v) is 6.85. The van der Waals surface area contributed by atoms with E-state index in [0.29, 0.717) is 13.0 Å². The summed E-state index contributed by atoms with van der Waals surface area (Å²) in [6.45, 7) is 1.59. The van der Waals surface area contributed by atoms with Crippen LogP contribution in [-0.2, 0) is 4.74 Å². The summed E-state index contributed by atoms with van der Waals surface area (Å²) in [4.78, 5) is 2.14. The minimum Gasteiger partial charge on any atom is -0.364 e. The van der Waals surface area contributed by atoms with Gasteiger partial charge in [0, 0.05) is 26.6 Å². The molecule has 2 atom stereocenters. The average molecular weight is 159 g/mol. The molecule has 0 spiro atoms. The molecule has 0 saturated carbocycles. The quantitative estimate of drug-likeness (QED) is 0.569. The highest BCUT2D eigenvalue weighted by Crippen LogP contribution is 2.40. The van der Waals surface area contributed by atoms with Gasteiger partial charge in [-0.1, -0.05) is 0 Å². The number of fused-ring (bicyclic) bond motifs is 1. The maximum atomic E-state index is 13.0. The molecule has 0 aromatic carbocycles. The normalized spacial score (nSPS) is 44.7. The van der Waals surface area contributed by atoms with Crippen LogP contribution in [0, 0.1) is 0 Å². The van der Waals surface area contributed by atoms with Crippen LogP contribution in [0.1, 0.15) is 19.3 Å². The Balaban J connectivity index is 2.15. The second-order valence-electron chi connectivity index (χ2n) is 3.50. The van der Waals surface area contributed by atoms with Crippen molar-refractivity contribution in [2.75, 3.05) is 20.2 Å². The molecule has 2 fully saturated rings. The molecule has 0 unspecified atom stereocenters. The van der Waals surface area contributed by atoms with E-state index in [4.69, 9.17) is 4.74 Å². The summed E-state index contributed by atoms with van der Waals surface area (Å²) in [6, 6.07) is 0. The molecule has 3 heteroatoms. The van der Waals surface area contributed by atoms with Gasteiger partial charge in [0.25, 0.3) is 0 Å². The van der Waals surface area contributed by atoms with Crippen molar-refractivity contribution in [3.63, 3.8) is 0 Å². The Morgan fingerprint density at radius 1 is 1.64 bits per heavy atom. The van der Waals surface area contributed by atoms with Gasteiger partial charge in [-0.25, -0.2) is 4.39 Å². The summed E-state index contributed by atoms with van der Waals surface area (Å²) < 4.78 is 18.3. The monoisotopic (exact) mass is 159 g/mol. The molecule has 64 valence electrons. The van der Waals surface area contributed by atoms with Crippen LogP contribution in [0.15, 0.2) is 0 Å². The summed E-state index contributed by atoms with van der Waals surface area (Å²) in [6.07, 6.45) is 2.06. The van der Waals surface area contributed by atoms with Crippen LogP contribution in [0.5, 0.6) is 0 Å². The topological polar surface area (TPSA) is 12.5 Å². The second-order valence-corrected chi connectivity index (χ2v) is 3.50. The Morgan fingerprint density at radius 2 is 2.45 bits per heavy atom. The van der Waals surface area contributed by atoms with Gasteiger partial charge >= 0.3 is 0 Å². The predicted molar refractivity (Wildman–Crippen MR) is 40.1 cm³/mol. The van der Waals surface area contributed by atoms with Gasteiger partial charge in [-0.05, 0) is 12.8 Å². The van der Waals surface area contributed by atoms with Crippen molar-refractivity contribution in [1.82, 2.24) is 4.90 Å². The van der Waals surface area contributed by atoms with Crippen LogP contribution in [0.2, 0.25) is 0 Å². The number of alkyl halides is 1. The zero-order chi connectivity index (χ0) is 7.90. The van der Waals surface area contributed by atoms with Gasteiger partial charge in [0.2, 0.25) is 0 Å². The van der Waals surface area contributed by atoms with E-state index in [2.05, 4.69) is 4.90 Å². The Hall–Kier alpha value is -0.150. The summed E-state index contributed by atoms with van der Waals surface area (Å²) in [5.74, 6) is 0. The Morgan fingerprint density at radius 3 is 3.09 bits per heavy atom. The first-order valence-electron chi connectivity index (χ1n) is 4.21. The minimum absolute atomic E-state index is 0.223. The molecule has 2 nitrogen and oxygen atoms in total. The third kappa shape index (κ3) is 0.983. The van der Waals surface area contributed by atoms with E-state index in [-0.39, 0.29) is 5.72 Å². The van der Waals surface area contributed by atoms with Crippen LogP contribution in [-0.4, -0.2) is 37.0 Å². The largest absolute Gasteiger partial charge is 0.364 e. The molecule has 0 aliphatic carbocycles. The molecule has 0 aromatic heterocycles. The smallest absolute Gasteiger partial charge is 0.124 e. The molecule has 11 heavy (non-hydrogen) atoms. The standard InChI is InChI=1S/C8H14FNO/c1-11-8-3-2-4-10(8)6-7(9)5-8/h7H,2-6H2,1H3/t7-,8+/m1/s1. The van der Waals surface area contributed by atoms with Gasteiger partial charge in [-0.2, -0.15) is 0 Å². The van der Waals surface area contributed by atoms with Crippen molar-refractivity contribution >= 4 is 0 Å². The molecule has 2 aliphatic rings.